The summed E-state index contributed by atoms with van der Waals surface area (Å²) in [7, 11) is 0. The Kier molecular flexibility index (Phi) is 2.68. The fourth-order valence-corrected chi connectivity index (χ4v) is 3.31. The summed E-state index contributed by atoms with van der Waals surface area (Å²) in [5.74, 6) is 2.66. The van der Waals surface area contributed by atoms with Crippen LogP contribution < -0.4 is 0 Å². The molecule has 1 aliphatic carbocycles. The third kappa shape index (κ3) is 1.56. The molecule has 1 heterocycles. The normalized spacial score (nSPS) is 17.4. The van der Waals surface area contributed by atoms with Crippen molar-refractivity contribution in [3.63, 3.8) is 0 Å². The third-order valence-corrected chi connectivity index (χ3v) is 4.04. The molecule has 3 rings (SSSR count). The van der Waals surface area contributed by atoms with Crippen LogP contribution in [0.25, 0.3) is 0 Å². The van der Waals surface area contributed by atoms with Gasteiger partial charge in [0.1, 0.15) is 0 Å². The van der Waals surface area contributed by atoms with Crippen LogP contribution in [0, 0.1) is 0 Å². The Morgan fingerprint density at radius 3 is 2.81 bits per heavy atom. The molecule has 0 spiro atoms. The minimum absolute atomic E-state index is 0.515. The topological polar surface area (TPSA) is 0 Å². The van der Waals surface area contributed by atoms with Gasteiger partial charge in [-0.1, -0.05) is 0 Å². The molecule has 1 atom stereocenters. The van der Waals surface area contributed by atoms with Gasteiger partial charge < -0.3 is 0 Å². The second-order valence-corrected chi connectivity index (χ2v) is 4.93. The Bertz CT molecular complexity index is 476. The van der Waals surface area contributed by atoms with E-state index in [2.05, 4.69) is 65.2 Å². The minimum atomic E-state index is 0.515. The predicted octanol–water partition coefficient (Wildman–Crippen LogP) is 3.46. The van der Waals surface area contributed by atoms with Crippen LogP contribution in [0.1, 0.15) is 28.1 Å². The van der Waals surface area contributed by atoms with E-state index >= 15 is 0 Å². The summed E-state index contributed by atoms with van der Waals surface area (Å²) in [4.78, 5) is 0. The van der Waals surface area contributed by atoms with Gasteiger partial charge in [-0.3, -0.25) is 0 Å². The maximum atomic E-state index is 3.65. The first-order chi connectivity index (χ1) is 7.90. The Hall–Kier alpha value is -0.885. The van der Waals surface area contributed by atoms with Crippen molar-refractivity contribution in [1.82, 2.24) is 0 Å². The first kappa shape index (κ1) is 10.3. The quantitative estimate of drug-likeness (QED) is 0.697. The molecule has 16 heavy (non-hydrogen) atoms. The van der Waals surface area contributed by atoms with Gasteiger partial charge in [0.15, 0.2) is 0 Å². The number of halogens is 1. The van der Waals surface area contributed by atoms with Crippen LogP contribution >= 0.6 is 15.9 Å². The van der Waals surface area contributed by atoms with Gasteiger partial charge in [0.2, 0.25) is 0 Å². The average Bonchev–Trinajstić information content (AvgIpc) is 2.36. The Morgan fingerprint density at radius 1 is 1.12 bits per heavy atom. The van der Waals surface area contributed by atoms with Crippen LogP contribution in [0.4, 0.5) is 0 Å². The molecule has 0 radical (unpaired) electrons. The molecule has 1 aliphatic rings. The summed E-state index contributed by atoms with van der Waals surface area (Å²) >= 11 is 3.65. The summed E-state index contributed by atoms with van der Waals surface area (Å²) in [5, 5.41) is 1.00. The van der Waals surface area contributed by atoms with Crippen molar-refractivity contribution in [2.45, 2.75) is 12.3 Å². The van der Waals surface area contributed by atoms with E-state index in [1.54, 1.807) is 0 Å². The third-order valence-electron chi connectivity index (χ3n) is 3.40. The van der Waals surface area contributed by atoms with E-state index in [0.717, 1.165) is 11.8 Å². The molecule has 0 saturated heterocycles. The molecule has 2 heteroatoms. The first-order valence-corrected chi connectivity index (χ1v) is 6.74. The van der Waals surface area contributed by atoms with Gasteiger partial charge in [-0.25, -0.2) is 0 Å². The zero-order valence-corrected chi connectivity index (χ0v) is 10.6. The molecule has 0 nitrogen and oxygen atoms in total. The Labute approximate surface area is 105 Å². The molecule has 0 N–H and O–H groups in total. The summed E-state index contributed by atoms with van der Waals surface area (Å²) in [5.41, 5.74) is 5.92. The molecular formula is C14H12BBr. The van der Waals surface area contributed by atoms with Crippen molar-refractivity contribution in [1.29, 1.82) is 0 Å². The SMILES string of the molecule is BrCC1c2bcccc2Cc2ccccc21. The van der Waals surface area contributed by atoms with E-state index in [4.69, 9.17) is 0 Å². The summed E-state index contributed by atoms with van der Waals surface area (Å²) in [6.45, 7) is 2.26. The fourth-order valence-electron chi connectivity index (χ4n) is 2.61. The monoisotopic (exact) mass is 270 g/mol. The standard InChI is InChI=1S/C14H12BBr/c16-9-13-12-6-2-1-4-10(12)8-11-5-3-7-15-14(11)13/h1-7,13H,8-9H2. The van der Waals surface area contributed by atoms with Crippen LogP contribution in [0.5, 0.6) is 0 Å². The number of rotatable bonds is 1. The van der Waals surface area contributed by atoms with Crippen molar-refractivity contribution < 1.29 is 0 Å². The molecule has 0 amide bonds. The molecule has 78 valence electrons. The summed E-state index contributed by atoms with van der Waals surface area (Å²) < 4.78 is 0. The Balaban J connectivity index is 2.19. The zero-order chi connectivity index (χ0) is 11.0. The van der Waals surface area contributed by atoms with Gasteiger partial charge in [0, 0.05) is 0 Å². The van der Waals surface area contributed by atoms with Crippen molar-refractivity contribution >= 4 is 22.8 Å². The van der Waals surface area contributed by atoms with Crippen molar-refractivity contribution in [3.8, 4) is 0 Å². The van der Waals surface area contributed by atoms with Crippen LogP contribution in [0.2, 0.25) is 0 Å². The number of fused-ring (bicyclic) bond motifs is 2. The Morgan fingerprint density at radius 2 is 1.94 bits per heavy atom. The van der Waals surface area contributed by atoms with Gasteiger partial charge in [-0.05, 0) is 0 Å². The van der Waals surface area contributed by atoms with E-state index < -0.39 is 0 Å². The number of alkyl halides is 1. The molecule has 0 saturated carbocycles. The number of benzene rings is 1. The second-order valence-electron chi connectivity index (χ2n) is 4.28. The van der Waals surface area contributed by atoms with Gasteiger partial charge in [0.05, 0.1) is 0 Å². The van der Waals surface area contributed by atoms with E-state index in [0.29, 0.717) is 5.92 Å². The zero-order valence-electron chi connectivity index (χ0n) is 8.99. The van der Waals surface area contributed by atoms with Crippen LogP contribution in [-0.2, 0) is 6.42 Å². The molecule has 1 unspecified atom stereocenters. The molecular weight excluding hydrogens is 259 g/mol. The van der Waals surface area contributed by atoms with E-state index in [1.807, 2.05) is 0 Å². The van der Waals surface area contributed by atoms with Crippen LogP contribution in [-0.4, -0.2) is 12.2 Å². The van der Waals surface area contributed by atoms with Crippen molar-refractivity contribution in [3.05, 3.63) is 64.5 Å². The molecule has 1 aromatic heterocycles. The van der Waals surface area contributed by atoms with Crippen LogP contribution in [0.3, 0.4) is 0 Å². The van der Waals surface area contributed by atoms with E-state index in [-0.39, 0.29) is 0 Å². The van der Waals surface area contributed by atoms with Gasteiger partial charge in [0.25, 0.3) is 0 Å². The van der Waals surface area contributed by atoms with Gasteiger partial charge in [-0.2, -0.15) is 0 Å². The second kappa shape index (κ2) is 4.17. The number of hydrogen-bond donors (Lipinski definition) is 0. The molecule has 1 aromatic carbocycles. The maximum absolute atomic E-state index is 3.65. The van der Waals surface area contributed by atoms with E-state index in [1.165, 1.54) is 22.1 Å². The predicted molar refractivity (Wildman–Crippen MR) is 72.7 cm³/mol. The molecule has 2 aromatic rings. The fraction of sp³-hybridized carbons (Fsp3) is 0.214. The average molecular weight is 271 g/mol. The number of hydrogen-bond acceptors (Lipinski definition) is 0. The van der Waals surface area contributed by atoms with Crippen LogP contribution in [0.15, 0.2) is 42.4 Å². The molecule has 0 aliphatic heterocycles. The first-order valence-electron chi connectivity index (χ1n) is 5.61. The van der Waals surface area contributed by atoms with Crippen molar-refractivity contribution in [2.24, 2.45) is 0 Å². The van der Waals surface area contributed by atoms with Crippen molar-refractivity contribution in [2.75, 3.05) is 5.33 Å². The summed E-state index contributed by atoms with van der Waals surface area (Å²) in [6.07, 6.45) is 1.08. The van der Waals surface area contributed by atoms with E-state index in [9.17, 15) is 0 Å². The summed E-state index contributed by atoms with van der Waals surface area (Å²) in [6, 6.07) is 13.2. The molecule has 0 bridgehead atoms. The molecule has 0 fully saturated rings. The van der Waals surface area contributed by atoms with Gasteiger partial charge in [-0.15, -0.1) is 0 Å². The van der Waals surface area contributed by atoms with Gasteiger partial charge >= 0.3 is 105 Å².